The van der Waals surface area contributed by atoms with Gasteiger partial charge in [-0.05, 0) is 25.5 Å². The molecule has 0 amide bonds. The predicted molar refractivity (Wildman–Crippen MR) is 84.4 cm³/mol. The molecule has 24 heavy (non-hydrogen) atoms. The first-order valence-corrected chi connectivity index (χ1v) is 7.88. The molecule has 0 spiro atoms. The van der Waals surface area contributed by atoms with Gasteiger partial charge in [0.2, 0.25) is 0 Å². The number of aryl methyl sites for hydroxylation is 1. The van der Waals surface area contributed by atoms with Gasteiger partial charge in [-0.25, -0.2) is 14.4 Å². The Morgan fingerprint density at radius 2 is 2.00 bits per heavy atom. The van der Waals surface area contributed by atoms with E-state index in [-0.39, 0.29) is 17.9 Å². The lowest BCUT2D eigenvalue weighted by Crippen LogP contribution is -2.69. The van der Waals surface area contributed by atoms with Gasteiger partial charge in [0, 0.05) is 13.1 Å². The molecular formula is C15H15FN8. The van der Waals surface area contributed by atoms with Crippen LogP contribution in [0.3, 0.4) is 0 Å². The zero-order chi connectivity index (χ0) is 16.3. The van der Waals surface area contributed by atoms with Crippen molar-refractivity contribution >= 4 is 17.3 Å². The highest BCUT2D eigenvalue weighted by atomic mass is 19.1. The molecule has 6 rings (SSSR count). The predicted octanol–water partition coefficient (Wildman–Crippen LogP) is 0.829. The van der Waals surface area contributed by atoms with Crippen molar-refractivity contribution < 1.29 is 4.39 Å². The number of aromatic nitrogens is 6. The molecule has 0 aliphatic carbocycles. The Labute approximate surface area is 137 Å². The van der Waals surface area contributed by atoms with E-state index >= 15 is 0 Å². The number of piperidine rings is 1. The van der Waals surface area contributed by atoms with Crippen LogP contribution in [0.15, 0.2) is 24.8 Å². The Bertz CT molecular complexity index is 913. The van der Waals surface area contributed by atoms with Gasteiger partial charge in [-0.2, -0.15) is 4.52 Å². The molecule has 3 saturated heterocycles. The summed E-state index contributed by atoms with van der Waals surface area (Å²) in [5, 5.41) is 12.4. The molecular weight excluding hydrogens is 311 g/mol. The highest BCUT2D eigenvalue weighted by molar-refractivity contribution is 5.53. The van der Waals surface area contributed by atoms with Crippen LogP contribution >= 0.6 is 0 Å². The molecule has 2 bridgehead atoms. The maximum Gasteiger partial charge on any atom is 0.186 e. The van der Waals surface area contributed by atoms with Crippen LogP contribution in [-0.4, -0.2) is 55.0 Å². The highest BCUT2D eigenvalue weighted by Crippen LogP contribution is 2.38. The van der Waals surface area contributed by atoms with Crippen LogP contribution in [0.1, 0.15) is 12.1 Å². The summed E-state index contributed by atoms with van der Waals surface area (Å²) in [6, 6.07) is 4.34. The number of hydrogen-bond acceptors (Lipinski definition) is 7. The first kappa shape index (κ1) is 13.6. The average molecular weight is 326 g/mol. The number of anilines is 2. The van der Waals surface area contributed by atoms with Crippen molar-refractivity contribution in [3.8, 4) is 0 Å². The Balaban J connectivity index is 1.41. The average Bonchev–Trinajstić information content (AvgIpc) is 3.06. The van der Waals surface area contributed by atoms with Gasteiger partial charge in [-0.1, -0.05) is 0 Å². The van der Waals surface area contributed by atoms with Gasteiger partial charge in [0.25, 0.3) is 0 Å². The number of rotatable bonds is 2. The minimum Gasteiger partial charge on any atom is -0.351 e. The SMILES string of the molecule is Cc1ncnc(N2C3CC2CN(c2ccc4nncn4n2)C3)c1F. The molecule has 0 saturated carbocycles. The van der Waals surface area contributed by atoms with Crippen molar-refractivity contribution in [1.82, 2.24) is 29.8 Å². The van der Waals surface area contributed by atoms with Crippen molar-refractivity contribution in [3.05, 3.63) is 36.3 Å². The van der Waals surface area contributed by atoms with E-state index in [0.29, 0.717) is 11.5 Å². The van der Waals surface area contributed by atoms with Gasteiger partial charge < -0.3 is 9.80 Å². The van der Waals surface area contributed by atoms with Crippen LogP contribution in [-0.2, 0) is 0 Å². The van der Waals surface area contributed by atoms with E-state index in [1.165, 1.54) is 6.33 Å². The van der Waals surface area contributed by atoms with Crippen molar-refractivity contribution in [2.75, 3.05) is 22.9 Å². The zero-order valence-electron chi connectivity index (χ0n) is 13.0. The van der Waals surface area contributed by atoms with Crippen LogP contribution < -0.4 is 9.80 Å². The number of fused-ring (bicyclic) bond motifs is 3. The van der Waals surface area contributed by atoms with Gasteiger partial charge in [0.1, 0.15) is 18.5 Å². The molecule has 3 aromatic heterocycles. The molecule has 3 fully saturated rings. The second-order valence-electron chi connectivity index (χ2n) is 6.28. The smallest absolute Gasteiger partial charge is 0.186 e. The van der Waals surface area contributed by atoms with Crippen LogP contribution in [0.25, 0.3) is 5.65 Å². The molecule has 2 atom stereocenters. The van der Waals surface area contributed by atoms with Crippen molar-refractivity contribution in [3.63, 3.8) is 0 Å². The quantitative estimate of drug-likeness (QED) is 0.690. The van der Waals surface area contributed by atoms with E-state index in [1.54, 1.807) is 17.8 Å². The lowest BCUT2D eigenvalue weighted by molar-refractivity contribution is 0.283. The first-order chi connectivity index (χ1) is 11.7. The summed E-state index contributed by atoms with van der Waals surface area (Å²) in [5.41, 5.74) is 1.11. The standard InChI is InChI=1S/C15H15FN8/c1-9-14(16)15(18-7-17-9)24-10-4-11(24)6-22(5-10)13-3-2-12-20-19-8-23(12)21-13/h2-3,7-8,10-11H,4-6H2,1H3. The Morgan fingerprint density at radius 3 is 2.83 bits per heavy atom. The van der Waals surface area contributed by atoms with Gasteiger partial charge in [-0.15, -0.1) is 15.3 Å². The topological polar surface area (TPSA) is 75.3 Å². The number of nitrogens with zero attached hydrogens (tertiary/aromatic N) is 8. The van der Waals surface area contributed by atoms with E-state index in [2.05, 4.69) is 35.1 Å². The highest BCUT2D eigenvalue weighted by Gasteiger charge is 2.46. The fourth-order valence-corrected chi connectivity index (χ4v) is 3.65. The molecule has 3 aliphatic rings. The van der Waals surface area contributed by atoms with E-state index in [4.69, 9.17) is 0 Å². The van der Waals surface area contributed by atoms with E-state index in [1.807, 2.05) is 12.1 Å². The van der Waals surface area contributed by atoms with Crippen molar-refractivity contribution in [1.29, 1.82) is 0 Å². The van der Waals surface area contributed by atoms with E-state index in [9.17, 15) is 4.39 Å². The normalized spacial score (nSPS) is 22.8. The second kappa shape index (κ2) is 4.83. The molecule has 2 unspecified atom stereocenters. The monoisotopic (exact) mass is 326 g/mol. The summed E-state index contributed by atoms with van der Waals surface area (Å²) >= 11 is 0. The summed E-state index contributed by atoms with van der Waals surface area (Å²) in [4.78, 5) is 12.4. The van der Waals surface area contributed by atoms with E-state index < -0.39 is 0 Å². The first-order valence-electron chi connectivity index (χ1n) is 7.88. The Morgan fingerprint density at radius 1 is 1.17 bits per heavy atom. The molecule has 0 N–H and O–H groups in total. The maximum absolute atomic E-state index is 14.3. The van der Waals surface area contributed by atoms with Gasteiger partial charge in [0.15, 0.2) is 17.3 Å². The van der Waals surface area contributed by atoms with Crippen molar-refractivity contribution in [2.24, 2.45) is 0 Å². The molecule has 6 heterocycles. The largest absolute Gasteiger partial charge is 0.351 e. The van der Waals surface area contributed by atoms with E-state index in [0.717, 1.165) is 31.0 Å². The molecule has 3 aliphatic heterocycles. The lowest BCUT2D eigenvalue weighted by atomic mass is 9.87. The third-order valence-corrected chi connectivity index (χ3v) is 4.85. The number of piperazine rings is 1. The Kier molecular flexibility index (Phi) is 2.73. The van der Waals surface area contributed by atoms with Gasteiger partial charge >= 0.3 is 0 Å². The number of halogens is 1. The summed E-state index contributed by atoms with van der Waals surface area (Å²) in [6.07, 6.45) is 4.07. The number of hydrogen-bond donors (Lipinski definition) is 0. The third kappa shape index (κ3) is 1.87. The fourth-order valence-electron chi connectivity index (χ4n) is 3.65. The lowest BCUT2D eigenvalue weighted by Gasteiger charge is -2.57. The van der Waals surface area contributed by atoms with Gasteiger partial charge in [-0.3, -0.25) is 0 Å². The van der Waals surface area contributed by atoms with Crippen LogP contribution in [0, 0.1) is 12.7 Å². The van der Waals surface area contributed by atoms with Crippen LogP contribution in [0.4, 0.5) is 16.0 Å². The molecule has 8 nitrogen and oxygen atoms in total. The second-order valence-corrected chi connectivity index (χ2v) is 6.28. The summed E-state index contributed by atoms with van der Waals surface area (Å²) < 4.78 is 16.0. The van der Waals surface area contributed by atoms with Crippen LogP contribution in [0.5, 0.6) is 0 Å². The minimum absolute atomic E-state index is 0.242. The summed E-state index contributed by atoms with van der Waals surface area (Å²) in [5.74, 6) is 0.992. The molecule has 0 radical (unpaired) electrons. The summed E-state index contributed by atoms with van der Waals surface area (Å²) in [7, 11) is 0. The minimum atomic E-state index is -0.315. The molecule has 9 heteroatoms. The summed E-state index contributed by atoms with van der Waals surface area (Å²) in [6.45, 7) is 3.25. The van der Waals surface area contributed by atoms with Gasteiger partial charge in [0.05, 0.1) is 17.8 Å². The molecule has 122 valence electrons. The molecule has 3 aromatic rings. The third-order valence-electron chi connectivity index (χ3n) is 4.85. The van der Waals surface area contributed by atoms with Crippen LogP contribution in [0.2, 0.25) is 0 Å². The Hall–Kier alpha value is -2.84. The maximum atomic E-state index is 14.3. The fraction of sp³-hybridized carbons (Fsp3) is 0.400. The molecule has 0 aromatic carbocycles. The zero-order valence-corrected chi connectivity index (χ0v) is 13.0. The van der Waals surface area contributed by atoms with Crippen molar-refractivity contribution in [2.45, 2.75) is 25.4 Å².